The van der Waals surface area contributed by atoms with Gasteiger partial charge in [-0.05, 0) is 54.2 Å². The van der Waals surface area contributed by atoms with Crippen LogP contribution < -0.4 is 4.74 Å². The van der Waals surface area contributed by atoms with E-state index in [1.54, 1.807) is 14.2 Å². The minimum Gasteiger partial charge on any atom is -0.497 e. The molecule has 0 saturated heterocycles. The Labute approximate surface area is 136 Å². The Balaban J connectivity index is 1.52. The predicted molar refractivity (Wildman–Crippen MR) is 91.8 cm³/mol. The van der Waals surface area contributed by atoms with Gasteiger partial charge in [0.25, 0.3) is 0 Å². The highest BCUT2D eigenvalue weighted by Crippen LogP contribution is 2.39. The largest absolute Gasteiger partial charge is 0.497 e. The highest BCUT2D eigenvalue weighted by atomic mass is 32.2. The molecule has 1 saturated carbocycles. The molecule has 0 unspecified atom stereocenters. The molecule has 1 fully saturated rings. The van der Waals surface area contributed by atoms with Crippen LogP contribution in [0, 0.1) is 0 Å². The summed E-state index contributed by atoms with van der Waals surface area (Å²) in [7, 11) is 3.50. The number of rotatable bonds is 6. The van der Waals surface area contributed by atoms with E-state index in [4.69, 9.17) is 9.47 Å². The normalized spacial score (nSPS) is 20.5. The molecular formula is C19H22O2S. The molecule has 0 amide bonds. The number of ether oxygens (including phenoxy) is 2. The molecule has 22 heavy (non-hydrogen) atoms. The van der Waals surface area contributed by atoms with Crippen molar-refractivity contribution in [3.05, 3.63) is 59.7 Å². The first-order valence-corrected chi connectivity index (χ1v) is 8.65. The highest BCUT2D eigenvalue weighted by Gasteiger charge is 2.29. The first-order valence-electron chi connectivity index (χ1n) is 7.67. The van der Waals surface area contributed by atoms with Gasteiger partial charge in [0.1, 0.15) is 5.75 Å². The minimum atomic E-state index is 0.467. The zero-order chi connectivity index (χ0) is 15.4. The van der Waals surface area contributed by atoms with Crippen LogP contribution in [0.15, 0.2) is 53.4 Å². The molecule has 2 aromatic rings. The van der Waals surface area contributed by atoms with Gasteiger partial charge in [0.15, 0.2) is 0 Å². The van der Waals surface area contributed by atoms with Crippen LogP contribution in [-0.4, -0.2) is 20.3 Å². The van der Waals surface area contributed by atoms with Crippen LogP contribution in [0.3, 0.4) is 0 Å². The van der Waals surface area contributed by atoms with Crippen molar-refractivity contribution in [1.82, 2.24) is 0 Å². The van der Waals surface area contributed by atoms with Crippen molar-refractivity contribution in [2.24, 2.45) is 0 Å². The third-order valence-corrected chi connectivity index (χ3v) is 5.43. The minimum absolute atomic E-state index is 0.467. The quantitative estimate of drug-likeness (QED) is 0.708. The molecule has 0 atom stereocenters. The maximum absolute atomic E-state index is 5.35. The van der Waals surface area contributed by atoms with Gasteiger partial charge in [0.2, 0.25) is 0 Å². The van der Waals surface area contributed by atoms with E-state index in [2.05, 4.69) is 36.4 Å². The second-order valence-electron chi connectivity index (χ2n) is 5.73. The SMILES string of the molecule is COc1ccc(CSc2ccc(C3CC(OC)C3)cc2)cc1. The zero-order valence-corrected chi connectivity index (χ0v) is 13.9. The second kappa shape index (κ2) is 7.21. The van der Waals surface area contributed by atoms with E-state index in [1.807, 2.05) is 23.9 Å². The summed E-state index contributed by atoms with van der Waals surface area (Å²) in [5.74, 6) is 2.58. The summed E-state index contributed by atoms with van der Waals surface area (Å²) >= 11 is 1.87. The molecule has 3 heteroatoms. The molecule has 0 aromatic heterocycles. The lowest BCUT2D eigenvalue weighted by molar-refractivity contribution is 0.0258. The summed E-state index contributed by atoms with van der Waals surface area (Å²) in [5.41, 5.74) is 2.76. The Morgan fingerprint density at radius 2 is 1.64 bits per heavy atom. The Morgan fingerprint density at radius 1 is 0.955 bits per heavy atom. The van der Waals surface area contributed by atoms with Crippen molar-refractivity contribution in [2.45, 2.75) is 35.5 Å². The lowest BCUT2D eigenvalue weighted by atomic mass is 9.77. The van der Waals surface area contributed by atoms with Gasteiger partial charge in [-0.25, -0.2) is 0 Å². The number of benzene rings is 2. The van der Waals surface area contributed by atoms with E-state index in [0.717, 1.165) is 24.3 Å². The molecule has 1 aliphatic rings. The van der Waals surface area contributed by atoms with E-state index in [1.165, 1.54) is 16.0 Å². The van der Waals surface area contributed by atoms with Crippen molar-refractivity contribution in [3.8, 4) is 5.75 Å². The first kappa shape index (κ1) is 15.4. The summed E-state index contributed by atoms with van der Waals surface area (Å²) in [6.45, 7) is 0. The molecule has 0 N–H and O–H groups in total. The smallest absolute Gasteiger partial charge is 0.118 e. The van der Waals surface area contributed by atoms with Gasteiger partial charge >= 0.3 is 0 Å². The summed E-state index contributed by atoms with van der Waals surface area (Å²) in [6.07, 6.45) is 2.79. The molecule has 1 aliphatic carbocycles. The van der Waals surface area contributed by atoms with Crippen LogP contribution in [0.25, 0.3) is 0 Å². The highest BCUT2D eigenvalue weighted by molar-refractivity contribution is 7.98. The second-order valence-corrected chi connectivity index (χ2v) is 6.78. The third kappa shape index (κ3) is 3.65. The lowest BCUT2D eigenvalue weighted by Gasteiger charge is -2.34. The standard InChI is InChI=1S/C19H22O2S/c1-20-17-7-3-14(4-8-17)13-22-19-9-5-15(6-10-19)16-11-18(12-16)21-2/h3-10,16,18H,11-13H2,1-2H3. The van der Waals surface area contributed by atoms with Crippen LogP contribution >= 0.6 is 11.8 Å². The van der Waals surface area contributed by atoms with Gasteiger partial charge in [-0.1, -0.05) is 24.3 Å². The van der Waals surface area contributed by atoms with Gasteiger partial charge in [0, 0.05) is 17.8 Å². The summed E-state index contributed by atoms with van der Waals surface area (Å²) in [6, 6.07) is 17.3. The zero-order valence-electron chi connectivity index (χ0n) is 13.1. The Bertz CT molecular complexity index is 586. The van der Waals surface area contributed by atoms with Crippen LogP contribution in [0.2, 0.25) is 0 Å². The van der Waals surface area contributed by atoms with Crippen LogP contribution in [0.5, 0.6) is 5.75 Å². The van der Waals surface area contributed by atoms with Gasteiger partial charge in [-0.3, -0.25) is 0 Å². The summed E-state index contributed by atoms with van der Waals surface area (Å²) in [4.78, 5) is 1.32. The van der Waals surface area contributed by atoms with Crippen molar-refractivity contribution < 1.29 is 9.47 Å². The van der Waals surface area contributed by atoms with E-state index in [0.29, 0.717) is 12.0 Å². The van der Waals surface area contributed by atoms with Crippen molar-refractivity contribution in [2.75, 3.05) is 14.2 Å². The van der Waals surface area contributed by atoms with E-state index in [-0.39, 0.29) is 0 Å². The number of hydrogen-bond acceptors (Lipinski definition) is 3. The molecule has 0 spiro atoms. The third-order valence-electron chi connectivity index (χ3n) is 4.34. The monoisotopic (exact) mass is 314 g/mol. The molecule has 3 rings (SSSR count). The maximum atomic E-state index is 5.35. The fourth-order valence-electron chi connectivity index (χ4n) is 2.75. The van der Waals surface area contributed by atoms with Gasteiger partial charge in [-0.15, -0.1) is 11.8 Å². The van der Waals surface area contributed by atoms with E-state index in [9.17, 15) is 0 Å². The van der Waals surface area contributed by atoms with Crippen LogP contribution in [0.1, 0.15) is 29.9 Å². The topological polar surface area (TPSA) is 18.5 Å². The molecular weight excluding hydrogens is 292 g/mol. The molecule has 0 bridgehead atoms. The van der Waals surface area contributed by atoms with Gasteiger partial charge in [-0.2, -0.15) is 0 Å². The maximum Gasteiger partial charge on any atom is 0.118 e. The number of methoxy groups -OCH3 is 2. The Hall–Kier alpha value is -1.45. The van der Waals surface area contributed by atoms with E-state index < -0.39 is 0 Å². The lowest BCUT2D eigenvalue weighted by Crippen LogP contribution is -2.28. The first-order chi connectivity index (χ1) is 10.8. The van der Waals surface area contributed by atoms with Crippen molar-refractivity contribution in [1.29, 1.82) is 0 Å². The summed E-state index contributed by atoms with van der Waals surface area (Å²) < 4.78 is 10.5. The summed E-state index contributed by atoms with van der Waals surface area (Å²) in [5, 5.41) is 0. The van der Waals surface area contributed by atoms with Gasteiger partial charge < -0.3 is 9.47 Å². The number of thioether (sulfide) groups is 1. The van der Waals surface area contributed by atoms with Crippen LogP contribution in [-0.2, 0) is 10.5 Å². The number of hydrogen-bond donors (Lipinski definition) is 0. The molecule has 2 nitrogen and oxygen atoms in total. The molecule has 0 radical (unpaired) electrons. The van der Waals surface area contributed by atoms with Crippen molar-refractivity contribution >= 4 is 11.8 Å². The fraction of sp³-hybridized carbons (Fsp3) is 0.368. The fourth-order valence-corrected chi connectivity index (χ4v) is 3.61. The van der Waals surface area contributed by atoms with Gasteiger partial charge in [0.05, 0.1) is 13.2 Å². The molecule has 0 aliphatic heterocycles. The predicted octanol–water partition coefficient (Wildman–Crippen LogP) is 4.88. The average molecular weight is 314 g/mol. The van der Waals surface area contributed by atoms with Crippen molar-refractivity contribution in [3.63, 3.8) is 0 Å². The van der Waals surface area contributed by atoms with E-state index >= 15 is 0 Å². The Morgan fingerprint density at radius 3 is 2.23 bits per heavy atom. The Kier molecular flexibility index (Phi) is 5.06. The average Bonchev–Trinajstić information content (AvgIpc) is 2.53. The molecule has 0 heterocycles. The molecule has 2 aromatic carbocycles. The van der Waals surface area contributed by atoms with Crippen LogP contribution in [0.4, 0.5) is 0 Å². The molecule has 116 valence electrons.